The van der Waals surface area contributed by atoms with E-state index in [2.05, 4.69) is 5.10 Å². The number of aromatic nitrogens is 2. The molecule has 0 atom stereocenters. The minimum absolute atomic E-state index is 0.199. The summed E-state index contributed by atoms with van der Waals surface area (Å²) in [6.45, 7) is 3.72. The van der Waals surface area contributed by atoms with Crippen LogP contribution in [-0.2, 0) is 11.8 Å². The van der Waals surface area contributed by atoms with Crippen molar-refractivity contribution >= 4 is 17.7 Å². The molecule has 0 unspecified atom stereocenters. The Hall–Kier alpha value is -2.05. The molecule has 0 bridgehead atoms. The highest BCUT2D eigenvalue weighted by molar-refractivity contribution is 5.99. The Kier molecular flexibility index (Phi) is 3.72. The summed E-state index contributed by atoms with van der Waals surface area (Å²) in [5.41, 5.74) is 6.06. The Morgan fingerprint density at radius 3 is 2.53 bits per heavy atom. The third-order valence-corrected chi connectivity index (χ3v) is 2.45. The van der Waals surface area contributed by atoms with Crippen LogP contribution in [0.4, 0.5) is 5.82 Å². The number of hydrogen-bond donors (Lipinski definition) is 2. The first-order valence-electron chi connectivity index (χ1n) is 5.18. The van der Waals surface area contributed by atoms with Crippen LogP contribution in [0.2, 0.25) is 0 Å². The van der Waals surface area contributed by atoms with Gasteiger partial charge >= 0.3 is 5.97 Å². The Labute approximate surface area is 98.8 Å². The predicted octanol–water partition coefficient (Wildman–Crippen LogP) is -0.262. The number of anilines is 1. The molecule has 94 valence electrons. The molecule has 1 aromatic rings. The van der Waals surface area contributed by atoms with E-state index in [1.165, 1.54) is 4.68 Å². The van der Waals surface area contributed by atoms with Gasteiger partial charge in [-0.15, -0.1) is 0 Å². The zero-order valence-electron chi connectivity index (χ0n) is 10.1. The van der Waals surface area contributed by atoms with Gasteiger partial charge in [0.05, 0.1) is 5.69 Å². The van der Waals surface area contributed by atoms with Crippen LogP contribution in [0.5, 0.6) is 0 Å². The van der Waals surface area contributed by atoms with E-state index in [0.717, 1.165) is 0 Å². The zero-order chi connectivity index (χ0) is 13.2. The second-order valence-corrected chi connectivity index (χ2v) is 3.68. The molecule has 1 heterocycles. The van der Waals surface area contributed by atoms with E-state index in [9.17, 15) is 9.59 Å². The van der Waals surface area contributed by atoms with E-state index >= 15 is 0 Å². The number of carbonyl (C=O) groups is 2. The second-order valence-electron chi connectivity index (χ2n) is 3.68. The second kappa shape index (κ2) is 4.86. The van der Waals surface area contributed by atoms with Crippen molar-refractivity contribution < 1.29 is 14.7 Å². The fourth-order valence-electron chi connectivity index (χ4n) is 1.80. The summed E-state index contributed by atoms with van der Waals surface area (Å²) >= 11 is 0. The maximum absolute atomic E-state index is 11.4. The molecule has 1 amide bonds. The predicted molar refractivity (Wildman–Crippen MR) is 62.0 cm³/mol. The monoisotopic (exact) mass is 240 g/mol. The van der Waals surface area contributed by atoms with Crippen LogP contribution in [-0.4, -0.2) is 39.9 Å². The molecule has 0 aliphatic rings. The van der Waals surface area contributed by atoms with Crippen molar-refractivity contribution in [3.63, 3.8) is 0 Å². The molecule has 0 saturated carbocycles. The highest BCUT2D eigenvalue weighted by atomic mass is 16.4. The fourth-order valence-corrected chi connectivity index (χ4v) is 1.80. The van der Waals surface area contributed by atoms with Crippen molar-refractivity contribution in [1.29, 1.82) is 0 Å². The number of aryl methyl sites for hydroxylation is 2. The van der Waals surface area contributed by atoms with Gasteiger partial charge in [0.15, 0.2) is 0 Å². The average molecular weight is 240 g/mol. The molecule has 0 radical (unpaired) electrons. The summed E-state index contributed by atoms with van der Waals surface area (Å²) in [6, 6.07) is 0. The molecule has 17 heavy (non-hydrogen) atoms. The number of primary amides is 1. The van der Waals surface area contributed by atoms with Gasteiger partial charge in [0, 0.05) is 13.6 Å². The maximum atomic E-state index is 11.4. The van der Waals surface area contributed by atoms with Gasteiger partial charge in [-0.1, -0.05) is 0 Å². The zero-order valence-corrected chi connectivity index (χ0v) is 10.1. The molecule has 0 aromatic carbocycles. The molecule has 0 aliphatic carbocycles. The Balaban J connectivity index is 3.27. The minimum Gasteiger partial charge on any atom is -0.480 e. The fraction of sp³-hybridized carbons (Fsp3) is 0.500. The lowest BCUT2D eigenvalue weighted by molar-refractivity contribution is -0.135. The van der Waals surface area contributed by atoms with Gasteiger partial charge in [-0.3, -0.25) is 14.3 Å². The van der Waals surface area contributed by atoms with E-state index in [-0.39, 0.29) is 12.1 Å². The van der Waals surface area contributed by atoms with Crippen molar-refractivity contribution in [2.45, 2.75) is 13.8 Å². The number of amides is 1. The molecule has 7 nitrogen and oxygen atoms in total. The van der Waals surface area contributed by atoms with Gasteiger partial charge in [0.1, 0.15) is 17.9 Å². The highest BCUT2D eigenvalue weighted by Crippen LogP contribution is 2.22. The lowest BCUT2D eigenvalue weighted by atomic mass is 10.2. The molecule has 0 aliphatic heterocycles. The highest BCUT2D eigenvalue weighted by Gasteiger charge is 2.23. The van der Waals surface area contributed by atoms with E-state index in [4.69, 9.17) is 10.8 Å². The van der Waals surface area contributed by atoms with Crippen LogP contribution in [0.25, 0.3) is 0 Å². The van der Waals surface area contributed by atoms with Crippen LogP contribution in [0, 0.1) is 6.92 Å². The standard InChI is InChI=1S/C10H16N4O3/c1-4-14(5-7(15)16)10-8(9(11)17)6(2)12-13(10)3/h4-5H2,1-3H3,(H2,11,17)(H,15,16). The first kappa shape index (κ1) is 13.0. The van der Waals surface area contributed by atoms with E-state index < -0.39 is 11.9 Å². The normalized spacial score (nSPS) is 10.3. The number of carboxylic acid groups (broad SMARTS) is 1. The van der Waals surface area contributed by atoms with E-state index in [1.807, 2.05) is 0 Å². The van der Waals surface area contributed by atoms with Gasteiger partial charge in [0.2, 0.25) is 0 Å². The van der Waals surface area contributed by atoms with Crippen molar-refractivity contribution in [1.82, 2.24) is 9.78 Å². The topological polar surface area (TPSA) is 101 Å². The van der Waals surface area contributed by atoms with E-state index in [1.54, 1.807) is 25.8 Å². The Morgan fingerprint density at radius 2 is 2.12 bits per heavy atom. The molecule has 0 fully saturated rings. The number of carboxylic acids is 1. The SMILES string of the molecule is CCN(CC(=O)O)c1c(C(N)=O)c(C)nn1C. The number of rotatable bonds is 5. The third-order valence-electron chi connectivity index (χ3n) is 2.45. The van der Waals surface area contributed by atoms with Crippen LogP contribution in [0.3, 0.4) is 0 Å². The average Bonchev–Trinajstić information content (AvgIpc) is 2.49. The van der Waals surface area contributed by atoms with Gasteiger partial charge in [-0.2, -0.15) is 5.10 Å². The summed E-state index contributed by atoms with van der Waals surface area (Å²) in [5, 5.41) is 12.9. The number of nitrogens with two attached hydrogens (primary N) is 1. The lowest BCUT2D eigenvalue weighted by Gasteiger charge is -2.21. The van der Waals surface area contributed by atoms with Crippen LogP contribution in [0.1, 0.15) is 23.0 Å². The quantitative estimate of drug-likeness (QED) is 0.738. The molecular weight excluding hydrogens is 224 g/mol. The number of hydrogen-bond acceptors (Lipinski definition) is 4. The Bertz CT molecular complexity index is 453. The minimum atomic E-state index is -0.971. The molecule has 1 aromatic heterocycles. The maximum Gasteiger partial charge on any atom is 0.323 e. The molecular formula is C10H16N4O3. The Morgan fingerprint density at radius 1 is 1.53 bits per heavy atom. The number of carbonyl (C=O) groups excluding carboxylic acids is 1. The number of aliphatic carboxylic acids is 1. The molecule has 0 spiro atoms. The summed E-state index contributed by atoms with van der Waals surface area (Å²) in [5.74, 6) is -1.13. The summed E-state index contributed by atoms with van der Waals surface area (Å²) in [4.78, 5) is 23.7. The summed E-state index contributed by atoms with van der Waals surface area (Å²) < 4.78 is 1.47. The molecule has 3 N–H and O–H groups in total. The smallest absolute Gasteiger partial charge is 0.323 e. The third kappa shape index (κ3) is 2.55. The van der Waals surface area contributed by atoms with Crippen molar-refractivity contribution in [3.8, 4) is 0 Å². The van der Waals surface area contributed by atoms with Crippen LogP contribution in [0.15, 0.2) is 0 Å². The first-order chi connectivity index (χ1) is 7.88. The molecule has 1 rings (SSSR count). The largest absolute Gasteiger partial charge is 0.480 e. The van der Waals surface area contributed by atoms with Gasteiger partial charge in [-0.05, 0) is 13.8 Å². The van der Waals surface area contributed by atoms with Gasteiger partial charge < -0.3 is 15.7 Å². The summed E-state index contributed by atoms with van der Waals surface area (Å²) in [6.07, 6.45) is 0. The first-order valence-corrected chi connectivity index (χ1v) is 5.18. The van der Waals surface area contributed by atoms with Crippen LogP contribution >= 0.6 is 0 Å². The summed E-state index contributed by atoms with van der Waals surface area (Å²) in [7, 11) is 1.65. The molecule has 0 saturated heterocycles. The number of nitrogens with zero attached hydrogens (tertiary/aromatic N) is 3. The lowest BCUT2D eigenvalue weighted by Crippen LogP contribution is -2.32. The van der Waals surface area contributed by atoms with Crippen molar-refractivity contribution in [2.24, 2.45) is 12.8 Å². The molecule has 7 heteroatoms. The van der Waals surface area contributed by atoms with Gasteiger partial charge in [0.25, 0.3) is 5.91 Å². The van der Waals surface area contributed by atoms with Crippen molar-refractivity contribution in [3.05, 3.63) is 11.3 Å². The van der Waals surface area contributed by atoms with E-state index in [0.29, 0.717) is 18.1 Å². The van der Waals surface area contributed by atoms with Crippen molar-refractivity contribution in [2.75, 3.05) is 18.0 Å². The van der Waals surface area contributed by atoms with Gasteiger partial charge in [-0.25, -0.2) is 0 Å². The van der Waals surface area contributed by atoms with Crippen LogP contribution < -0.4 is 10.6 Å². The number of likely N-dealkylation sites (N-methyl/N-ethyl adjacent to an activating group) is 1.